The van der Waals surface area contributed by atoms with E-state index in [-0.39, 0.29) is 5.82 Å². The fourth-order valence-electron chi connectivity index (χ4n) is 3.98. The number of hydrogen-bond donors (Lipinski definition) is 0. The third-order valence-corrected chi connectivity index (χ3v) is 5.24. The molecule has 0 saturated carbocycles. The van der Waals surface area contributed by atoms with Crippen LogP contribution in [0, 0.1) is 5.82 Å². The Balaban J connectivity index is 1.35. The lowest BCUT2D eigenvalue weighted by Gasteiger charge is -2.38. The van der Waals surface area contributed by atoms with Gasteiger partial charge in [0, 0.05) is 37.9 Å². The second-order valence-corrected chi connectivity index (χ2v) is 6.71. The summed E-state index contributed by atoms with van der Waals surface area (Å²) in [4.78, 5) is 5.11. The van der Waals surface area contributed by atoms with E-state index < -0.39 is 0 Å². The van der Waals surface area contributed by atoms with Crippen molar-refractivity contribution in [2.24, 2.45) is 0 Å². The summed E-state index contributed by atoms with van der Waals surface area (Å²) in [5.74, 6) is -0.153. The number of fused-ring (bicyclic) bond motifs is 1. The highest BCUT2D eigenvalue weighted by molar-refractivity contribution is 5.58. The summed E-state index contributed by atoms with van der Waals surface area (Å²) in [5, 5.41) is 0. The SMILES string of the molecule is Fc1ccc(CN2CCC(N3CCc4ccccc43)CC2)cc1. The fraction of sp³-hybridized carbons (Fsp3) is 0.400. The highest BCUT2D eigenvalue weighted by atomic mass is 19.1. The molecule has 0 spiro atoms. The summed E-state index contributed by atoms with van der Waals surface area (Å²) in [6, 6.07) is 16.4. The van der Waals surface area contributed by atoms with Gasteiger partial charge in [0.25, 0.3) is 0 Å². The van der Waals surface area contributed by atoms with Crippen molar-refractivity contribution in [2.75, 3.05) is 24.5 Å². The molecule has 0 atom stereocenters. The number of benzene rings is 2. The van der Waals surface area contributed by atoms with Gasteiger partial charge < -0.3 is 4.90 Å². The van der Waals surface area contributed by atoms with Gasteiger partial charge in [-0.2, -0.15) is 0 Å². The summed E-state index contributed by atoms with van der Waals surface area (Å²) in [6.45, 7) is 4.35. The van der Waals surface area contributed by atoms with Crippen LogP contribution in [0.4, 0.5) is 10.1 Å². The molecule has 2 aromatic carbocycles. The summed E-state index contributed by atoms with van der Waals surface area (Å²) in [5.41, 5.74) is 4.15. The molecule has 0 radical (unpaired) electrons. The molecule has 2 heterocycles. The van der Waals surface area contributed by atoms with E-state index in [4.69, 9.17) is 0 Å². The number of piperidine rings is 1. The number of halogens is 1. The number of para-hydroxylation sites is 1. The first-order valence-electron chi connectivity index (χ1n) is 8.61. The lowest BCUT2D eigenvalue weighted by Crippen LogP contribution is -2.44. The third kappa shape index (κ3) is 3.11. The Morgan fingerprint density at radius 1 is 0.913 bits per heavy atom. The van der Waals surface area contributed by atoms with Crippen molar-refractivity contribution in [3.63, 3.8) is 0 Å². The second-order valence-electron chi connectivity index (χ2n) is 6.71. The zero-order valence-electron chi connectivity index (χ0n) is 13.4. The van der Waals surface area contributed by atoms with E-state index in [0.717, 1.165) is 19.6 Å². The summed E-state index contributed by atoms with van der Waals surface area (Å²) >= 11 is 0. The van der Waals surface area contributed by atoms with Crippen LogP contribution in [0.25, 0.3) is 0 Å². The number of rotatable bonds is 3. The summed E-state index contributed by atoms with van der Waals surface area (Å²) < 4.78 is 13.0. The first-order chi connectivity index (χ1) is 11.3. The molecule has 0 aliphatic carbocycles. The second kappa shape index (κ2) is 6.32. The molecule has 3 heteroatoms. The number of nitrogens with zero attached hydrogens (tertiary/aromatic N) is 2. The van der Waals surface area contributed by atoms with Crippen molar-refractivity contribution in [3.8, 4) is 0 Å². The van der Waals surface area contributed by atoms with Gasteiger partial charge in [-0.05, 0) is 48.6 Å². The van der Waals surface area contributed by atoms with Crippen molar-refractivity contribution in [1.29, 1.82) is 0 Å². The van der Waals surface area contributed by atoms with Crippen LogP contribution in [0.5, 0.6) is 0 Å². The van der Waals surface area contributed by atoms with Gasteiger partial charge in [0.1, 0.15) is 5.82 Å². The van der Waals surface area contributed by atoms with Crippen LogP contribution in [0.1, 0.15) is 24.0 Å². The first kappa shape index (κ1) is 14.7. The quantitative estimate of drug-likeness (QED) is 0.849. The van der Waals surface area contributed by atoms with Crippen molar-refractivity contribution in [3.05, 3.63) is 65.5 Å². The van der Waals surface area contributed by atoms with Crippen LogP contribution < -0.4 is 4.90 Å². The molecule has 120 valence electrons. The normalized spacial score (nSPS) is 19.1. The molecule has 1 saturated heterocycles. The average Bonchev–Trinajstić information content (AvgIpc) is 3.02. The van der Waals surface area contributed by atoms with Gasteiger partial charge in [-0.3, -0.25) is 4.90 Å². The van der Waals surface area contributed by atoms with Gasteiger partial charge in [0.05, 0.1) is 0 Å². The lowest BCUT2D eigenvalue weighted by atomic mass is 10.0. The molecule has 2 aromatic rings. The predicted molar refractivity (Wildman–Crippen MR) is 92.2 cm³/mol. The topological polar surface area (TPSA) is 6.48 Å². The Bertz CT molecular complexity index is 660. The molecular formula is C20H23FN2. The standard InChI is InChI=1S/C20H23FN2/c21-18-7-5-16(6-8-18)15-22-12-10-19(11-13-22)23-14-9-17-3-1-2-4-20(17)23/h1-8,19H,9-15H2. The Morgan fingerprint density at radius 3 is 2.43 bits per heavy atom. The summed E-state index contributed by atoms with van der Waals surface area (Å²) in [7, 11) is 0. The molecule has 0 bridgehead atoms. The van der Waals surface area contributed by atoms with E-state index in [2.05, 4.69) is 34.1 Å². The van der Waals surface area contributed by atoms with Gasteiger partial charge in [-0.15, -0.1) is 0 Å². The van der Waals surface area contributed by atoms with E-state index in [1.54, 1.807) is 12.1 Å². The molecule has 0 amide bonds. The number of anilines is 1. The highest BCUT2D eigenvalue weighted by Gasteiger charge is 2.28. The molecule has 2 aliphatic rings. The van der Waals surface area contributed by atoms with Crippen LogP contribution in [-0.2, 0) is 13.0 Å². The lowest BCUT2D eigenvalue weighted by molar-refractivity contribution is 0.202. The van der Waals surface area contributed by atoms with E-state index in [9.17, 15) is 4.39 Å². The minimum absolute atomic E-state index is 0.153. The maximum Gasteiger partial charge on any atom is 0.123 e. The van der Waals surface area contributed by atoms with Crippen LogP contribution in [0.15, 0.2) is 48.5 Å². The number of likely N-dealkylation sites (tertiary alicyclic amines) is 1. The molecule has 2 aliphatic heterocycles. The highest BCUT2D eigenvalue weighted by Crippen LogP contribution is 2.32. The minimum atomic E-state index is -0.153. The fourth-order valence-corrected chi connectivity index (χ4v) is 3.98. The maximum atomic E-state index is 13.0. The van der Waals surface area contributed by atoms with Crippen LogP contribution >= 0.6 is 0 Å². The molecule has 2 nitrogen and oxygen atoms in total. The van der Waals surface area contributed by atoms with Crippen LogP contribution in [-0.4, -0.2) is 30.6 Å². The molecule has 4 rings (SSSR count). The van der Waals surface area contributed by atoms with E-state index >= 15 is 0 Å². The molecule has 0 N–H and O–H groups in total. The van der Waals surface area contributed by atoms with Gasteiger partial charge in [0.15, 0.2) is 0 Å². The zero-order valence-corrected chi connectivity index (χ0v) is 13.4. The molecule has 0 unspecified atom stereocenters. The zero-order chi connectivity index (χ0) is 15.6. The molecule has 23 heavy (non-hydrogen) atoms. The van der Waals surface area contributed by atoms with Gasteiger partial charge >= 0.3 is 0 Å². The smallest absolute Gasteiger partial charge is 0.123 e. The van der Waals surface area contributed by atoms with Crippen molar-refractivity contribution >= 4 is 5.69 Å². The monoisotopic (exact) mass is 310 g/mol. The van der Waals surface area contributed by atoms with Crippen molar-refractivity contribution < 1.29 is 4.39 Å². The van der Waals surface area contributed by atoms with Gasteiger partial charge in [0.2, 0.25) is 0 Å². The molecule has 1 fully saturated rings. The van der Waals surface area contributed by atoms with Crippen LogP contribution in [0.3, 0.4) is 0 Å². The Hall–Kier alpha value is -1.87. The first-order valence-corrected chi connectivity index (χ1v) is 8.61. The largest absolute Gasteiger partial charge is 0.368 e. The average molecular weight is 310 g/mol. The van der Waals surface area contributed by atoms with E-state index in [1.165, 1.54) is 42.6 Å². The van der Waals surface area contributed by atoms with Crippen LogP contribution in [0.2, 0.25) is 0 Å². The maximum absolute atomic E-state index is 13.0. The van der Waals surface area contributed by atoms with E-state index in [0.29, 0.717) is 6.04 Å². The Morgan fingerprint density at radius 2 is 1.65 bits per heavy atom. The number of hydrogen-bond acceptors (Lipinski definition) is 2. The van der Waals surface area contributed by atoms with Gasteiger partial charge in [-0.1, -0.05) is 30.3 Å². The van der Waals surface area contributed by atoms with Crippen molar-refractivity contribution in [2.45, 2.75) is 31.8 Å². The van der Waals surface area contributed by atoms with Gasteiger partial charge in [-0.25, -0.2) is 4.39 Å². The van der Waals surface area contributed by atoms with Crippen molar-refractivity contribution in [1.82, 2.24) is 4.90 Å². The minimum Gasteiger partial charge on any atom is -0.368 e. The molecular weight excluding hydrogens is 287 g/mol. The predicted octanol–water partition coefficient (Wildman–Crippen LogP) is 3.85. The third-order valence-electron chi connectivity index (χ3n) is 5.24. The van der Waals surface area contributed by atoms with E-state index in [1.807, 2.05) is 12.1 Å². The summed E-state index contributed by atoms with van der Waals surface area (Å²) in [6.07, 6.45) is 3.62. The molecule has 0 aromatic heterocycles. The Kier molecular flexibility index (Phi) is 4.04. The Labute approximate surface area is 137 Å².